The van der Waals surface area contributed by atoms with Gasteiger partial charge in [0, 0.05) is 0 Å². The van der Waals surface area contributed by atoms with Crippen LogP contribution in [0.15, 0.2) is 18.2 Å². The van der Waals surface area contributed by atoms with Crippen molar-refractivity contribution in [3.8, 4) is 0 Å². The van der Waals surface area contributed by atoms with Gasteiger partial charge in [0.2, 0.25) is 0 Å². The third-order valence-corrected chi connectivity index (χ3v) is 3.88. The Balaban J connectivity index is 3.00. The first-order valence-electron chi connectivity index (χ1n) is 9.10. The molecule has 0 aromatic carbocycles. The molecule has 0 amide bonds. The van der Waals surface area contributed by atoms with Gasteiger partial charge in [-0.25, -0.2) is 0 Å². The Labute approximate surface area is 128 Å². The molecule has 0 fully saturated rings. The summed E-state index contributed by atoms with van der Waals surface area (Å²) in [6.07, 6.45) is 26.9. The third kappa shape index (κ3) is 17.5. The van der Waals surface area contributed by atoms with Crippen LogP contribution in [-0.2, 0) is 0 Å². The lowest BCUT2D eigenvalue weighted by molar-refractivity contribution is 0.561. The molecule has 0 aliphatic heterocycles. The van der Waals surface area contributed by atoms with E-state index in [4.69, 9.17) is 6.58 Å². The van der Waals surface area contributed by atoms with Crippen LogP contribution >= 0.6 is 0 Å². The van der Waals surface area contributed by atoms with Gasteiger partial charge in [0.1, 0.15) is 0 Å². The van der Waals surface area contributed by atoms with Gasteiger partial charge in [0.15, 0.2) is 0 Å². The number of allylic oxidation sites excluding steroid dienone is 3. The average molecular weight is 278 g/mol. The number of unbranched alkanes of at least 4 members (excludes halogenated alkanes) is 13. The minimum absolute atomic E-state index is 1.09. The Hall–Kier alpha value is -0.520. The summed E-state index contributed by atoms with van der Waals surface area (Å²) in [5.74, 6) is 0. The van der Waals surface area contributed by atoms with Crippen LogP contribution in [0.4, 0.5) is 0 Å². The van der Waals surface area contributed by atoms with E-state index in [1.54, 1.807) is 6.08 Å². The highest BCUT2D eigenvalue weighted by atomic mass is 14.0. The van der Waals surface area contributed by atoms with Gasteiger partial charge in [-0.2, -0.15) is 0 Å². The second kappa shape index (κ2) is 18.5. The molecule has 0 saturated heterocycles. The van der Waals surface area contributed by atoms with Crippen LogP contribution in [0.1, 0.15) is 103 Å². The van der Waals surface area contributed by atoms with Crippen molar-refractivity contribution in [1.82, 2.24) is 0 Å². The molecule has 0 unspecified atom stereocenters. The number of hydrogen-bond donors (Lipinski definition) is 0. The van der Waals surface area contributed by atoms with Gasteiger partial charge in [-0.3, -0.25) is 0 Å². The van der Waals surface area contributed by atoms with Crippen LogP contribution < -0.4 is 0 Å². The van der Waals surface area contributed by atoms with E-state index >= 15 is 0 Å². The Bertz CT molecular complexity index is 202. The maximum atomic E-state index is 5.36. The fourth-order valence-corrected chi connectivity index (χ4v) is 2.51. The molecule has 20 heavy (non-hydrogen) atoms. The molecule has 0 aromatic rings. The Morgan fingerprint density at radius 1 is 0.550 bits per heavy atom. The summed E-state index contributed by atoms with van der Waals surface area (Å²) in [6.45, 7) is 7.63. The highest BCUT2D eigenvalue weighted by Gasteiger charge is 1.92. The van der Waals surface area contributed by atoms with Gasteiger partial charge >= 0.3 is 0 Å². The predicted molar refractivity (Wildman–Crippen MR) is 92.9 cm³/mol. The molecular weight excluding hydrogens is 240 g/mol. The van der Waals surface area contributed by atoms with Crippen LogP contribution in [0, 0.1) is 6.58 Å². The molecule has 0 saturated carbocycles. The van der Waals surface area contributed by atoms with Crippen molar-refractivity contribution < 1.29 is 0 Å². The fourth-order valence-electron chi connectivity index (χ4n) is 2.51. The molecular formula is C20H37. The quantitative estimate of drug-likeness (QED) is 0.203. The minimum Gasteiger partial charge on any atom is -0.0885 e. The first kappa shape index (κ1) is 19.5. The molecule has 0 rings (SSSR count). The van der Waals surface area contributed by atoms with Crippen LogP contribution in [0.2, 0.25) is 0 Å². The molecule has 0 aliphatic carbocycles. The Morgan fingerprint density at radius 2 is 0.950 bits per heavy atom. The molecule has 0 bridgehead atoms. The largest absolute Gasteiger partial charge is 0.0885 e. The summed E-state index contributed by atoms with van der Waals surface area (Å²) >= 11 is 0. The zero-order valence-corrected chi connectivity index (χ0v) is 13.9. The van der Waals surface area contributed by atoms with Crippen molar-refractivity contribution in [2.75, 3.05) is 0 Å². The van der Waals surface area contributed by atoms with E-state index in [2.05, 4.69) is 19.1 Å². The third-order valence-electron chi connectivity index (χ3n) is 3.88. The van der Waals surface area contributed by atoms with Crippen molar-refractivity contribution >= 4 is 0 Å². The molecule has 1 radical (unpaired) electrons. The van der Waals surface area contributed by atoms with Crippen LogP contribution in [-0.4, -0.2) is 0 Å². The van der Waals surface area contributed by atoms with Crippen molar-refractivity contribution in [3.05, 3.63) is 24.8 Å². The molecule has 0 N–H and O–H groups in total. The second-order valence-electron chi connectivity index (χ2n) is 5.96. The molecule has 0 heteroatoms. The summed E-state index contributed by atoms with van der Waals surface area (Å²) in [6, 6.07) is 0. The lowest BCUT2D eigenvalue weighted by atomic mass is 10.1. The van der Waals surface area contributed by atoms with Gasteiger partial charge in [-0.05, 0) is 38.5 Å². The maximum absolute atomic E-state index is 5.36. The standard InChI is InChI=1S/C20H37/c1-3-5-7-9-11-13-15-17-19-20-18-16-14-12-10-8-6-4-2/h1,3,12,14H,4-11,13,15-20H2,2H3/b3-1?,14-12-. The highest BCUT2D eigenvalue weighted by molar-refractivity contribution is 4.81. The summed E-state index contributed by atoms with van der Waals surface area (Å²) in [7, 11) is 0. The monoisotopic (exact) mass is 277 g/mol. The van der Waals surface area contributed by atoms with Crippen LogP contribution in [0.25, 0.3) is 0 Å². The van der Waals surface area contributed by atoms with E-state index in [1.807, 2.05) is 0 Å². The van der Waals surface area contributed by atoms with Crippen molar-refractivity contribution in [2.24, 2.45) is 0 Å². The molecule has 0 heterocycles. The smallest absolute Gasteiger partial charge is 0.0348 e. The molecule has 0 nitrogen and oxygen atoms in total. The van der Waals surface area contributed by atoms with E-state index in [-0.39, 0.29) is 0 Å². The number of rotatable bonds is 16. The summed E-state index contributed by atoms with van der Waals surface area (Å²) in [5, 5.41) is 0. The van der Waals surface area contributed by atoms with Crippen molar-refractivity contribution in [1.29, 1.82) is 0 Å². The van der Waals surface area contributed by atoms with Crippen molar-refractivity contribution in [3.63, 3.8) is 0 Å². The van der Waals surface area contributed by atoms with E-state index in [1.165, 1.54) is 89.9 Å². The topological polar surface area (TPSA) is 0 Å². The van der Waals surface area contributed by atoms with Crippen molar-refractivity contribution in [2.45, 2.75) is 103 Å². The first-order valence-corrected chi connectivity index (χ1v) is 9.10. The van der Waals surface area contributed by atoms with Crippen LogP contribution in [0.3, 0.4) is 0 Å². The normalized spacial score (nSPS) is 11.2. The van der Waals surface area contributed by atoms with Gasteiger partial charge in [0.25, 0.3) is 0 Å². The van der Waals surface area contributed by atoms with Gasteiger partial charge in [-0.1, -0.05) is 89.5 Å². The predicted octanol–water partition coefficient (Wildman–Crippen LogP) is 7.40. The molecule has 117 valence electrons. The van der Waals surface area contributed by atoms with E-state index in [9.17, 15) is 0 Å². The zero-order chi connectivity index (χ0) is 14.7. The molecule has 0 aromatic heterocycles. The van der Waals surface area contributed by atoms with Crippen LogP contribution in [0.5, 0.6) is 0 Å². The fraction of sp³-hybridized carbons (Fsp3) is 0.800. The lowest BCUT2D eigenvalue weighted by Gasteiger charge is -2.01. The minimum atomic E-state index is 1.09. The van der Waals surface area contributed by atoms with E-state index in [0.29, 0.717) is 0 Å². The maximum Gasteiger partial charge on any atom is -0.0348 e. The van der Waals surface area contributed by atoms with Gasteiger partial charge < -0.3 is 0 Å². The summed E-state index contributed by atoms with van der Waals surface area (Å²) < 4.78 is 0. The summed E-state index contributed by atoms with van der Waals surface area (Å²) in [5.41, 5.74) is 0. The molecule has 0 spiro atoms. The SMILES string of the molecule is [CH]=CCCCCCCCCCCC/C=C\CCCCC. The van der Waals surface area contributed by atoms with Gasteiger partial charge in [-0.15, -0.1) is 0 Å². The second-order valence-corrected chi connectivity index (χ2v) is 5.96. The summed E-state index contributed by atoms with van der Waals surface area (Å²) in [4.78, 5) is 0. The molecule has 0 aliphatic rings. The molecule has 0 atom stereocenters. The average Bonchev–Trinajstić information content (AvgIpc) is 2.47. The number of hydrogen-bond acceptors (Lipinski definition) is 0. The first-order chi connectivity index (χ1) is 9.91. The Morgan fingerprint density at radius 3 is 1.40 bits per heavy atom. The van der Waals surface area contributed by atoms with E-state index in [0.717, 1.165) is 6.42 Å². The van der Waals surface area contributed by atoms with E-state index < -0.39 is 0 Å². The zero-order valence-electron chi connectivity index (χ0n) is 13.9. The Kier molecular flexibility index (Phi) is 18.0. The van der Waals surface area contributed by atoms with Gasteiger partial charge in [0.05, 0.1) is 0 Å². The highest BCUT2D eigenvalue weighted by Crippen LogP contribution is 2.11. The lowest BCUT2D eigenvalue weighted by Crippen LogP contribution is -1.81.